The SMILES string of the molecule is CCOC(=O)CC(O)C(O)c1ccc2c3c(cccc13)CC2. The lowest BCUT2D eigenvalue weighted by atomic mass is 9.94. The molecule has 4 heteroatoms. The fourth-order valence-corrected chi connectivity index (χ4v) is 3.24. The van der Waals surface area contributed by atoms with Crippen LogP contribution in [-0.2, 0) is 22.4 Å². The Morgan fingerprint density at radius 1 is 1.18 bits per heavy atom. The van der Waals surface area contributed by atoms with Crippen LogP contribution in [0.5, 0.6) is 0 Å². The third-order valence-electron chi connectivity index (χ3n) is 4.27. The second-order valence-corrected chi connectivity index (χ2v) is 5.67. The van der Waals surface area contributed by atoms with Gasteiger partial charge in [-0.1, -0.05) is 30.3 Å². The van der Waals surface area contributed by atoms with Gasteiger partial charge in [-0.25, -0.2) is 0 Å². The third kappa shape index (κ3) is 2.60. The van der Waals surface area contributed by atoms with Crippen LogP contribution in [0.4, 0.5) is 0 Å². The average Bonchev–Trinajstić information content (AvgIpc) is 2.92. The van der Waals surface area contributed by atoms with Gasteiger partial charge in [-0.3, -0.25) is 4.79 Å². The molecule has 0 amide bonds. The number of ether oxygens (including phenoxy) is 1. The van der Waals surface area contributed by atoms with Gasteiger partial charge < -0.3 is 14.9 Å². The number of esters is 1. The van der Waals surface area contributed by atoms with Gasteiger partial charge in [-0.15, -0.1) is 0 Å². The molecule has 0 spiro atoms. The van der Waals surface area contributed by atoms with Gasteiger partial charge in [-0.05, 0) is 47.2 Å². The van der Waals surface area contributed by atoms with Crippen molar-refractivity contribution < 1.29 is 19.7 Å². The van der Waals surface area contributed by atoms with E-state index in [4.69, 9.17) is 4.74 Å². The number of aryl methyl sites for hydroxylation is 2. The molecule has 0 heterocycles. The number of hydrogen-bond donors (Lipinski definition) is 2. The summed E-state index contributed by atoms with van der Waals surface area (Å²) < 4.78 is 4.82. The highest BCUT2D eigenvalue weighted by Crippen LogP contribution is 2.36. The number of aliphatic hydroxyl groups excluding tert-OH is 2. The third-order valence-corrected chi connectivity index (χ3v) is 4.27. The summed E-state index contributed by atoms with van der Waals surface area (Å²) in [4.78, 5) is 11.5. The molecule has 116 valence electrons. The Morgan fingerprint density at radius 3 is 2.64 bits per heavy atom. The number of benzene rings is 2. The Labute approximate surface area is 129 Å². The fraction of sp³-hybridized carbons (Fsp3) is 0.389. The van der Waals surface area contributed by atoms with E-state index in [9.17, 15) is 15.0 Å². The van der Waals surface area contributed by atoms with Crippen LogP contribution in [0.3, 0.4) is 0 Å². The standard InChI is InChI=1S/C18H20O4/c1-2-22-16(20)10-15(19)18(21)14-9-8-12-7-6-11-4-3-5-13(14)17(11)12/h3-5,8-9,15,18-19,21H,2,6-7,10H2,1H3. The lowest BCUT2D eigenvalue weighted by Gasteiger charge is -2.19. The lowest BCUT2D eigenvalue weighted by molar-refractivity contribution is -0.147. The molecule has 2 aromatic carbocycles. The molecule has 2 aromatic rings. The van der Waals surface area contributed by atoms with Crippen LogP contribution in [0.15, 0.2) is 30.3 Å². The van der Waals surface area contributed by atoms with Crippen LogP contribution >= 0.6 is 0 Å². The normalized spacial score (nSPS) is 15.8. The van der Waals surface area contributed by atoms with E-state index in [-0.39, 0.29) is 13.0 Å². The van der Waals surface area contributed by atoms with Crippen LogP contribution in [0.1, 0.15) is 36.1 Å². The molecule has 0 radical (unpaired) electrons. The van der Waals surface area contributed by atoms with E-state index < -0.39 is 18.2 Å². The largest absolute Gasteiger partial charge is 0.466 e. The summed E-state index contributed by atoms with van der Waals surface area (Å²) in [6, 6.07) is 9.90. The molecule has 2 atom stereocenters. The monoisotopic (exact) mass is 300 g/mol. The first-order chi connectivity index (χ1) is 10.6. The highest BCUT2D eigenvalue weighted by Gasteiger charge is 2.25. The minimum atomic E-state index is -1.17. The summed E-state index contributed by atoms with van der Waals surface area (Å²) in [5.74, 6) is -0.500. The van der Waals surface area contributed by atoms with Crippen LogP contribution in [0, 0.1) is 0 Å². The maximum Gasteiger partial charge on any atom is 0.308 e. The Bertz CT molecular complexity index is 697. The minimum Gasteiger partial charge on any atom is -0.466 e. The summed E-state index contributed by atoms with van der Waals surface area (Å²) in [5, 5.41) is 22.7. The lowest BCUT2D eigenvalue weighted by Crippen LogP contribution is -2.23. The van der Waals surface area contributed by atoms with Crippen molar-refractivity contribution in [3.63, 3.8) is 0 Å². The Morgan fingerprint density at radius 2 is 1.91 bits per heavy atom. The van der Waals surface area contributed by atoms with E-state index in [0.717, 1.165) is 18.2 Å². The number of carbonyl (C=O) groups excluding carboxylic acids is 1. The van der Waals surface area contributed by atoms with Gasteiger partial charge in [0.2, 0.25) is 0 Å². The predicted octanol–water partition coefficient (Wildman–Crippen LogP) is 2.29. The number of carbonyl (C=O) groups is 1. The molecule has 2 N–H and O–H groups in total. The van der Waals surface area contributed by atoms with Crippen molar-refractivity contribution in [1.82, 2.24) is 0 Å². The van der Waals surface area contributed by atoms with Gasteiger partial charge >= 0.3 is 5.97 Å². The van der Waals surface area contributed by atoms with Gasteiger partial charge in [0.25, 0.3) is 0 Å². The van der Waals surface area contributed by atoms with Crippen molar-refractivity contribution in [2.75, 3.05) is 6.61 Å². The quantitative estimate of drug-likeness (QED) is 0.831. The van der Waals surface area contributed by atoms with Crippen molar-refractivity contribution >= 4 is 16.7 Å². The van der Waals surface area contributed by atoms with Gasteiger partial charge in [0.1, 0.15) is 6.10 Å². The van der Waals surface area contributed by atoms with Gasteiger partial charge in [0.15, 0.2) is 0 Å². The second-order valence-electron chi connectivity index (χ2n) is 5.67. The molecule has 0 saturated heterocycles. The number of hydrogen-bond acceptors (Lipinski definition) is 4. The van der Waals surface area contributed by atoms with Crippen LogP contribution in [0.25, 0.3) is 10.8 Å². The van der Waals surface area contributed by atoms with E-state index in [1.54, 1.807) is 6.92 Å². The molecule has 0 saturated carbocycles. The van der Waals surface area contributed by atoms with Gasteiger partial charge in [0, 0.05) is 0 Å². The highest BCUT2D eigenvalue weighted by atomic mass is 16.5. The molecular formula is C18H20O4. The molecule has 3 rings (SSSR count). The van der Waals surface area contributed by atoms with Crippen LogP contribution in [-0.4, -0.2) is 28.9 Å². The molecule has 1 aliphatic rings. The summed E-state index contributed by atoms with van der Waals surface area (Å²) in [7, 11) is 0. The van der Waals surface area contributed by atoms with Crippen LogP contribution < -0.4 is 0 Å². The van der Waals surface area contributed by atoms with Crippen molar-refractivity contribution in [2.45, 2.75) is 38.4 Å². The fourth-order valence-electron chi connectivity index (χ4n) is 3.24. The molecule has 4 nitrogen and oxygen atoms in total. The smallest absolute Gasteiger partial charge is 0.308 e. The zero-order valence-electron chi connectivity index (χ0n) is 12.6. The van der Waals surface area contributed by atoms with Gasteiger partial charge in [-0.2, -0.15) is 0 Å². The highest BCUT2D eigenvalue weighted by molar-refractivity contribution is 5.93. The van der Waals surface area contributed by atoms with E-state index in [2.05, 4.69) is 6.07 Å². The Kier molecular flexibility index (Phi) is 4.14. The first-order valence-electron chi connectivity index (χ1n) is 7.67. The molecule has 2 unspecified atom stereocenters. The zero-order chi connectivity index (χ0) is 15.7. The Balaban J connectivity index is 1.92. The molecule has 0 aromatic heterocycles. The van der Waals surface area contributed by atoms with Crippen molar-refractivity contribution in [1.29, 1.82) is 0 Å². The zero-order valence-corrected chi connectivity index (χ0v) is 12.6. The topological polar surface area (TPSA) is 66.8 Å². The molecule has 0 aliphatic heterocycles. The summed E-state index contributed by atoms with van der Waals surface area (Å²) in [6.45, 7) is 1.98. The summed E-state index contributed by atoms with van der Waals surface area (Å²) in [6.07, 6.45) is -0.459. The number of aliphatic hydroxyl groups is 2. The molecule has 0 bridgehead atoms. The summed E-state index contributed by atoms with van der Waals surface area (Å²) in [5.41, 5.74) is 3.22. The second kappa shape index (κ2) is 6.07. The molecule has 0 fully saturated rings. The van der Waals surface area contributed by atoms with E-state index >= 15 is 0 Å². The molecule has 1 aliphatic carbocycles. The first kappa shape index (κ1) is 15.0. The van der Waals surface area contributed by atoms with E-state index in [1.165, 1.54) is 16.5 Å². The predicted molar refractivity (Wildman–Crippen MR) is 83.6 cm³/mol. The molecular weight excluding hydrogens is 280 g/mol. The van der Waals surface area contributed by atoms with E-state index in [0.29, 0.717) is 5.56 Å². The Hall–Kier alpha value is -1.91. The van der Waals surface area contributed by atoms with Gasteiger partial charge in [0.05, 0.1) is 19.1 Å². The van der Waals surface area contributed by atoms with Crippen molar-refractivity contribution in [2.24, 2.45) is 0 Å². The summed E-state index contributed by atoms with van der Waals surface area (Å²) >= 11 is 0. The maximum absolute atomic E-state index is 11.5. The van der Waals surface area contributed by atoms with Crippen LogP contribution in [0.2, 0.25) is 0 Å². The minimum absolute atomic E-state index is 0.210. The average molecular weight is 300 g/mol. The maximum atomic E-state index is 11.5. The van der Waals surface area contributed by atoms with E-state index in [1.807, 2.05) is 24.3 Å². The van der Waals surface area contributed by atoms with Crippen molar-refractivity contribution in [3.05, 3.63) is 47.0 Å². The number of rotatable bonds is 5. The van der Waals surface area contributed by atoms with Crippen molar-refractivity contribution in [3.8, 4) is 0 Å². The first-order valence-corrected chi connectivity index (χ1v) is 7.67. The molecule has 22 heavy (non-hydrogen) atoms.